The van der Waals surface area contributed by atoms with Crippen molar-refractivity contribution < 1.29 is 5.48 Å². The molecule has 8 aromatic carbocycles. The molecular weight excluding hydrogens is 669 g/mol. The number of para-hydroxylation sites is 1. The number of hydrogen-bond donors (Lipinski definition) is 0. The van der Waals surface area contributed by atoms with Crippen molar-refractivity contribution in [2.45, 2.75) is 0 Å². The normalized spacial score (nSPS) is 12.3. The first-order valence-electron chi connectivity index (χ1n) is 20.2. The van der Waals surface area contributed by atoms with Crippen LogP contribution in [0.4, 0.5) is 0 Å². The highest BCUT2D eigenvalue weighted by Crippen LogP contribution is 2.36. The fourth-order valence-corrected chi connectivity index (χ4v) is 7.23. The Hall–Kier alpha value is -7.43. The Balaban J connectivity index is 1.13. The Bertz CT molecular complexity index is 3170. The fourth-order valence-electron chi connectivity index (χ4n) is 7.23. The lowest BCUT2D eigenvalue weighted by Crippen LogP contribution is -2.01. The number of aromatic nitrogens is 4. The van der Waals surface area contributed by atoms with Gasteiger partial charge in [0.15, 0.2) is 17.5 Å². The van der Waals surface area contributed by atoms with Crippen molar-refractivity contribution >= 4 is 21.8 Å². The maximum atomic E-state index is 9.16. The SMILES string of the molecule is [2H]c1c([2H])c([2H])c2c(c1[2H])c1ccc(-c3ccc(-c4ccccc4)cc3)cc1n2-c1cccc(-c2nc(-c3ccccc3)nc(-c3ccc(-c4ccccc4)cc3)n2)c1. The first kappa shape index (κ1) is 28.1. The van der Waals surface area contributed by atoms with Crippen LogP contribution in [0.25, 0.3) is 95.0 Å². The molecule has 0 bridgehead atoms. The van der Waals surface area contributed by atoms with Gasteiger partial charge in [-0.25, -0.2) is 15.0 Å². The molecule has 0 spiro atoms. The topological polar surface area (TPSA) is 43.6 Å². The smallest absolute Gasteiger partial charge is 0.164 e. The van der Waals surface area contributed by atoms with Crippen molar-refractivity contribution in [3.05, 3.63) is 206 Å². The molecule has 258 valence electrons. The molecule has 55 heavy (non-hydrogen) atoms. The van der Waals surface area contributed by atoms with Gasteiger partial charge in [0.25, 0.3) is 0 Å². The monoisotopic (exact) mass is 706 g/mol. The van der Waals surface area contributed by atoms with Gasteiger partial charge in [-0.15, -0.1) is 0 Å². The van der Waals surface area contributed by atoms with E-state index in [4.69, 9.17) is 20.4 Å². The van der Waals surface area contributed by atoms with E-state index >= 15 is 0 Å². The van der Waals surface area contributed by atoms with E-state index in [2.05, 4.69) is 66.7 Å². The Morgan fingerprint density at radius 1 is 0.327 bits per heavy atom. The van der Waals surface area contributed by atoms with Gasteiger partial charge in [0.2, 0.25) is 0 Å². The molecule has 2 aromatic heterocycles. The van der Waals surface area contributed by atoms with Gasteiger partial charge in [-0.05, 0) is 57.6 Å². The van der Waals surface area contributed by atoms with Gasteiger partial charge in [-0.3, -0.25) is 0 Å². The van der Waals surface area contributed by atoms with E-state index in [1.54, 1.807) is 0 Å². The molecule has 0 atom stereocenters. The number of benzene rings is 8. The maximum Gasteiger partial charge on any atom is 0.164 e. The highest BCUT2D eigenvalue weighted by atomic mass is 15.0. The summed E-state index contributed by atoms with van der Waals surface area (Å²) < 4.78 is 37.4. The summed E-state index contributed by atoms with van der Waals surface area (Å²) in [6, 6.07) is 60.1. The molecular formula is C51H34N4. The molecule has 4 nitrogen and oxygen atoms in total. The summed E-state index contributed by atoms with van der Waals surface area (Å²) in [6.07, 6.45) is 0. The van der Waals surface area contributed by atoms with Gasteiger partial charge in [0.05, 0.1) is 16.5 Å². The van der Waals surface area contributed by atoms with E-state index in [1.807, 2.05) is 120 Å². The molecule has 0 radical (unpaired) electrons. The number of hydrogen-bond acceptors (Lipinski definition) is 3. The highest BCUT2D eigenvalue weighted by molar-refractivity contribution is 6.10. The average molecular weight is 707 g/mol. The van der Waals surface area contributed by atoms with Crippen LogP contribution in [0.1, 0.15) is 5.48 Å². The fraction of sp³-hybridized carbons (Fsp3) is 0. The zero-order valence-electron chi connectivity index (χ0n) is 33.6. The molecule has 0 aliphatic carbocycles. The predicted octanol–water partition coefficient (Wildman–Crippen LogP) is 13.0. The lowest BCUT2D eigenvalue weighted by molar-refractivity contribution is 1.07. The molecule has 0 aliphatic rings. The third-order valence-corrected chi connectivity index (χ3v) is 10.0. The van der Waals surface area contributed by atoms with Gasteiger partial charge in [-0.1, -0.05) is 182 Å². The zero-order valence-corrected chi connectivity index (χ0v) is 29.6. The average Bonchev–Trinajstić information content (AvgIpc) is 3.66. The van der Waals surface area contributed by atoms with E-state index < -0.39 is 0 Å². The summed E-state index contributed by atoms with van der Waals surface area (Å²) in [6.45, 7) is 0. The Kier molecular flexibility index (Phi) is 7.08. The van der Waals surface area contributed by atoms with Crippen molar-refractivity contribution in [3.8, 4) is 73.2 Å². The van der Waals surface area contributed by atoms with Crippen molar-refractivity contribution in [1.82, 2.24) is 19.5 Å². The van der Waals surface area contributed by atoms with Crippen LogP contribution in [-0.2, 0) is 0 Å². The van der Waals surface area contributed by atoms with E-state index in [0.29, 0.717) is 34.1 Å². The van der Waals surface area contributed by atoms with Crippen molar-refractivity contribution in [1.29, 1.82) is 0 Å². The van der Waals surface area contributed by atoms with Crippen LogP contribution < -0.4 is 0 Å². The maximum absolute atomic E-state index is 9.16. The quantitative estimate of drug-likeness (QED) is 0.166. The van der Waals surface area contributed by atoms with Crippen LogP contribution in [0.3, 0.4) is 0 Å². The van der Waals surface area contributed by atoms with Gasteiger partial charge in [0, 0.05) is 33.2 Å². The van der Waals surface area contributed by atoms with E-state index in [-0.39, 0.29) is 24.2 Å². The zero-order chi connectivity index (χ0) is 40.0. The van der Waals surface area contributed by atoms with Crippen molar-refractivity contribution in [3.63, 3.8) is 0 Å². The molecule has 10 rings (SSSR count). The van der Waals surface area contributed by atoms with Gasteiger partial charge >= 0.3 is 0 Å². The molecule has 4 heteroatoms. The van der Waals surface area contributed by atoms with Crippen LogP contribution in [0, 0.1) is 0 Å². The molecule has 0 fully saturated rings. The van der Waals surface area contributed by atoms with Crippen molar-refractivity contribution in [2.24, 2.45) is 0 Å². The molecule has 0 unspecified atom stereocenters. The van der Waals surface area contributed by atoms with Gasteiger partial charge in [-0.2, -0.15) is 0 Å². The Morgan fingerprint density at radius 3 is 1.36 bits per heavy atom. The molecule has 0 aliphatic heterocycles. The van der Waals surface area contributed by atoms with Crippen LogP contribution in [0.15, 0.2) is 206 Å². The second-order valence-corrected chi connectivity index (χ2v) is 13.4. The minimum atomic E-state index is -0.285. The van der Waals surface area contributed by atoms with Gasteiger partial charge < -0.3 is 4.57 Å². The first-order valence-corrected chi connectivity index (χ1v) is 18.2. The Labute approximate surface area is 325 Å². The van der Waals surface area contributed by atoms with Gasteiger partial charge in [0.1, 0.15) is 0 Å². The summed E-state index contributed by atoms with van der Waals surface area (Å²) >= 11 is 0. The second-order valence-electron chi connectivity index (χ2n) is 13.4. The molecule has 10 aromatic rings. The largest absolute Gasteiger partial charge is 0.309 e. The highest BCUT2D eigenvalue weighted by Gasteiger charge is 2.17. The van der Waals surface area contributed by atoms with E-state index in [1.165, 1.54) is 0 Å². The second kappa shape index (κ2) is 13.8. The molecule has 0 saturated carbocycles. The number of fused-ring (bicyclic) bond motifs is 3. The molecule has 0 N–H and O–H groups in total. The minimum Gasteiger partial charge on any atom is -0.309 e. The standard InChI is InChI=1S/C51H34N4/c1-4-13-35(14-5-1)37-23-25-39(26-24-37)42-31-32-46-45-21-10-11-22-47(45)55(48(46)34-42)44-20-12-19-43(33-44)51-53-49(40-17-8-3-9-18-40)52-50(54-51)41-29-27-38(28-30-41)36-15-6-2-7-16-36/h1-34H/i10D,11D,21D,22D. The predicted molar refractivity (Wildman–Crippen MR) is 227 cm³/mol. The summed E-state index contributed by atoms with van der Waals surface area (Å²) in [4.78, 5) is 15.0. The molecule has 0 amide bonds. The summed E-state index contributed by atoms with van der Waals surface area (Å²) in [7, 11) is 0. The van der Waals surface area contributed by atoms with Crippen LogP contribution in [0.5, 0.6) is 0 Å². The summed E-state index contributed by atoms with van der Waals surface area (Å²) in [5.41, 5.74) is 10.8. The molecule has 0 saturated heterocycles. The summed E-state index contributed by atoms with van der Waals surface area (Å²) in [5, 5.41) is 1.20. The van der Waals surface area contributed by atoms with E-state index in [9.17, 15) is 0 Å². The van der Waals surface area contributed by atoms with Crippen molar-refractivity contribution in [2.75, 3.05) is 0 Å². The van der Waals surface area contributed by atoms with Crippen LogP contribution >= 0.6 is 0 Å². The van der Waals surface area contributed by atoms with E-state index in [0.717, 1.165) is 61.0 Å². The van der Waals surface area contributed by atoms with Crippen LogP contribution in [0.2, 0.25) is 0 Å². The number of rotatable bonds is 7. The van der Waals surface area contributed by atoms with Crippen LogP contribution in [-0.4, -0.2) is 19.5 Å². The first-order chi connectivity index (χ1) is 28.9. The Morgan fingerprint density at radius 2 is 0.764 bits per heavy atom. The summed E-state index contributed by atoms with van der Waals surface area (Å²) in [5.74, 6) is 1.55. The minimum absolute atomic E-state index is 0.0752. The lowest BCUT2D eigenvalue weighted by Gasteiger charge is -2.12. The third kappa shape index (κ3) is 6.16. The number of nitrogens with zero attached hydrogens (tertiary/aromatic N) is 4. The molecule has 2 heterocycles. The lowest BCUT2D eigenvalue weighted by atomic mass is 9.99. The third-order valence-electron chi connectivity index (χ3n) is 10.0.